The first-order chi connectivity index (χ1) is 19.3. The lowest BCUT2D eigenvalue weighted by molar-refractivity contribution is -0.139. The van der Waals surface area contributed by atoms with Crippen LogP contribution < -0.4 is 9.62 Å². The molecule has 4 rings (SSSR count). The van der Waals surface area contributed by atoms with Gasteiger partial charge in [-0.15, -0.1) is 0 Å². The van der Waals surface area contributed by atoms with Gasteiger partial charge in [0.1, 0.15) is 12.6 Å². The van der Waals surface area contributed by atoms with E-state index in [1.165, 1.54) is 35.6 Å². The van der Waals surface area contributed by atoms with E-state index >= 15 is 0 Å². The van der Waals surface area contributed by atoms with Crippen LogP contribution in [0.1, 0.15) is 44.6 Å². The molecule has 1 aliphatic rings. The number of hydrogen-bond acceptors (Lipinski definition) is 4. The molecule has 0 aliphatic heterocycles. The van der Waals surface area contributed by atoms with E-state index in [1.54, 1.807) is 37.3 Å². The Morgan fingerprint density at radius 2 is 1.50 bits per heavy atom. The van der Waals surface area contributed by atoms with Crippen molar-refractivity contribution < 1.29 is 18.0 Å². The molecule has 40 heavy (non-hydrogen) atoms. The molecule has 0 saturated heterocycles. The Bertz CT molecular complexity index is 1360. The van der Waals surface area contributed by atoms with Crippen molar-refractivity contribution in [2.24, 2.45) is 0 Å². The molecule has 0 spiro atoms. The molecule has 3 aromatic carbocycles. The van der Waals surface area contributed by atoms with Crippen molar-refractivity contribution in [2.45, 2.75) is 62.4 Å². The third-order valence-corrected chi connectivity index (χ3v) is 9.37. The number of sulfonamides is 1. The van der Waals surface area contributed by atoms with Crippen molar-refractivity contribution in [3.63, 3.8) is 0 Å². The Morgan fingerprint density at radius 3 is 2.12 bits per heavy atom. The van der Waals surface area contributed by atoms with E-state index in [0.29, 0.717) is 17.1 Å². The molecular formula is C31H36ClN3O4S. The summed E-state index contributed by atoms with van der Waals surface area (Å²) >= 11 is 6.00. The molecule has 212 valence electrons. The maximum absolute atomic E-state index is 13.9. The average Bonchev–Trinajstić information content (AvgIpc) is 2.97. The van der Waals surface area contributed by atoms with Crippen molar-refractivity contribution in [3.8, 4) is 0 Å². The van der Waals surface area contributed by atoms with Crippen LogP contribution in [-0.2, 0) is 26.0 Å². The van der Waals surface area contributed by atoms with E-state index in [0.717, 1.165) is 35.6 Å². The number of para-hydroxylation sites is 1. The number of benzene rings is 3. The molecule has 1 aliphatic carbocycles. The molecule has 9 heteroatoms. The van der Waals surface area contributed by atoms with Gasteiger partial charge in [0, 0.05) is 17.6 Å². The van der Waals surface area contributed by atoms with E-state index in [2.05, 4.69) is 5.32 Å². The fraction of sp³-hybridized carbons (Fsp3) is 0.355. The van der Waals surface area contributed by atoms with Crippen LogP contribution in [0.4, 0.5) is 5.69 Å². The van der Waals surface area contributed by atoms with Crippen LogP contribution in [0.25, 0.3) is 0 Å². The van der Waals surface area contributed by atoms with Crippen LogP contribution in [0.5, 0.6) is 0 Å². The summed E-state index contributed by atoms with van der Waals surface area (Å²) < 4.78 is 28.7. The summed E-state index contributed by atoms with van der Waals surface area (Å²) in [6, 6.07) is 23.4. The first-order valence-electron chi connectivity index (χ1n) is 13.7. The quantitative estimate of drug-likeness (QED) is 0.326. The number of rotatable bonds is 11. The summed E-state index contributed by atoms with van der Waals surface area (Å²) in [5.74, 6) is -0.677. The molecule has 0 bridgehead atoms. The van der Waals surface area contributed by atoms with Gasteiger partial charge >= 0.3 is 0 Å². The Labute approximate surface area is 242 Å². The molecule has 7 nitrogen and oxygen atoms in total. The molecule has 0 radical (unpaired) electrons. The third kappa shape index (κ3) is 7.64. The SMILES string of the molecule is C[C@@H](C(=O)NC1CCCCC1)N(CCc1ccccc1)C(=O)CN(c1ccccc1)S(=O)(=O)c1ccc(Cl)cc1. The lowest BCUT2D eigenvalue weighted by Crippen LogP contribution is -2.53. The minimum atomic E-state index is -4.11. The Balaban J connectivity index is 1.61. The number of halogens is 1. The number of anilines is 1. The average molecular weight is 582 g/mol. The first kappa shape index (κ1) is 29.6. The van der Waals surface area contributed by atoms with Gasteiger partial charge in [-0.2, -0.15) is 0 Å². The molecule has 2 amide bonds. The van der Waals surface area contributed by atoms with Gasteiger partial charge in [0.05, 0.1) is 10.6 Å². The Morgan fingerprint density at radius 1 is 0.900 bits per heavy atom. The van der Waals surface area contributed by atoms with Gasteiger partial charge in [0.25, 0.3) is 10.0 Å². The number of amides is 2. The minimum Gasteiger partial charge on any atom is -0.352 e. The summed E-state index contributed by atoms with van der Waals surface area (Å²) in [7, 11) is -4.11. The third-order valence-electron chi connectivity index (χ3n) is 7.33. The van der Waals surface area contributed by atoms with E-state index in [1.807, 2.05) is 30.3 Å². The highest BCUT2D eigenvalue weighted by molar-refractivity contribution is 7.92. The van der Waals surface area contributed by atoms with Gasteiger partial charge in [0.15, 0.2) is 0 Å². The van der Waals surface area contributed by atoms with E-state index in [4.69, 9.17) is 11.6 Å². The smallest absolute Gasteiger partial charge is 0.264 e. The molecule has 0 heterocycles. The number of nitrogens with zero attached hydrogens (tertiary/aromatic N) is 2. The van der Waals surface area contributed by atoms with Crippen LogP contribution in [0, 0.1) is 0 Å². The summed E-state index contributed by atoms with van der Waals surface area (Å²) in [6.07, 6.45) is 5.70. The molecule has 1 atom stereocenters. The van der Waals surface area contributed by atoms with E-state index in [-0.39, 0.29) is 23.4 Å². The van der Waals surface area contributed by atoms with Crippen LogP contribution in [-0.4, -0.2) is 50.3 Å². The second kappa shape index (κ2) is 13.8. The van der Waals surface area contributed by atoms with Crippen molar-refractivity contribution in [3.05, 3.63) is 95.5 Å². The highest BCUT2D eigenvalue weighted by Crippen LogP contribution is 2.25. The van der Waals surface area contributed by atoms with Crippen molar-refractivity contribution >= 4 is 39.1 Å². The van der Waals surface area contributed by atoms with Gasteiger partial charge in [-0.25, -0.2) is 8.42 Å². The predicted molar refractivity (Wildman–Crippen MR) is 159 cm³/mol. The molecule has 0 aromatic heterocycles. The van der Waals surface area contributed by atoms with Crippen LogP contribution >= 0.6 is 11.6 Å². The second-order valence-electron chi connectivity index (χ2n) is 10.1. The van der Waals surface area contributed by atoms with Gasteiger partial charge < -0.3 is 10.2 Å². The second-order valence-corrected chi connectivity index (χ2v) is 12.4. The fourth-order valence-corrected chi connectivity index (χ4v) is 6.54. The zero-order valence-corrected chi connectivity index (χ0v) is 24.3. The molecule has 0 unspecified atom stereocenters. The standard InChI is InChI=1S/C31H36ClN3O4S/c1-24(31(37)33-27-13-7-3-8-14-27)34(22-21-25-11-5-2-6-12-25)30(36)23-35(28-15-9-4-10-16-28)40(38,39)29-19-17-26(32)18-20-29/h2,4-6,9-12,15-20,24,27H,3,7-8,13-14,21-23H2,1H3,(H,33,37)/t24-/m0/s1. The van der Waals surface area contributed by atoms with Gasteiger partial charge in [-0.05, 0) is 68.1 Å². The summed E-state index contributed by atoms with van der Waals surface area (Å²) in [4.78, 5) is 28.8. The largest absolute Gasteiger partial charge is 0.352 e. The van der Waals surface area contributed by atoms with Gasteiger partial charge in [0.2, 0.25) is 11.8 Å². The molecule has 1 saturated carbocycles. The number of carbonyl (C=O) groups excluding carboxylic acids is 2. The van der Waals surface area contributed by atoms with Gasteiger partial charge in [-0.3, -0.25) is 13.9 Å². The van der Waals surface area contributed by atoms with Crippen LogP contribution in [0.15, 0.2) is 89.8 Å². The zero-order chi connectivity index (χ0) is 28.5. The normalized spacial score (nSPS) is 14.8. The van der Waals surface area contributed by atoms with Crippen LogP contribution in [0.2, 0.25) is 5.02 Å². The van der Waals surface area contributed by atoms with Crippen molar-refractivity contribution in [1.82, 2.24) is 10.2 Å². The summed E-state index contributed by atoms with van der Waals surface area (Å²) in [5.41, 5.74) is 1.38. The lowest BCUT2D eigenvalue weighted by atomic mass is 9.95. The molecular weight excluding hydrogens is 546 g/mol. The number of nitrogens with one attached hydrogen (secondary N) is 1. The number of hydrogen-bond donors (Lipinski definition) is 1. The molecule has 1 fully saturated rings. The minimum absolute atomic E-state index is 0.0208. The maximum atomic E-state index is 13.9. The number of carbonyl (C=O) groups is 2. The summed E-state index contributed by atoms with van der Waals surface area (Å²) in [5, 5.41) is 3.53. The topological polar surface area (TPSA) is 86.8 Å². The fourth-order valence-electron chi connectivity index (χ4n) is 5.00. The van der Waals surface area contributed by atoms with E-state index < -0.39 is 28.5 Å². The highest BCUT2D eigenvalue weighted by atomic mass is 35.5. The monoisotopic (exact) mass is 581 g/mol. The first-order valence-corrected chi connectivity index (χ1v) is 15.5. The molecule has 1 N–H and O–H groups in total. The van der Waals surface area contributed by atoms with Crippen LogP contribution in [0.3, 0.4) is 0 Å². The van der Waals surface area contributed by atoms with Gasteiger partial charge in [-0.1, -0.05) is 79.4 Å². The predicted octanol–water partition coefficient (Wildman–Crippen LogP) is 5.44. The zero-order valence-electron chi connectivity index (χ0n) is 22.7. The van der Waals surface area contributed by atoms with Crippen molar-refractivity contribution in [2.75, 3.05) is 17.4 Å². The van der Waals surface area contributed by atoms with Crippen molar-refractivity contribution in [1.29, 1.82) is 0 Å². The van der Waals surface area contributed by atoms with E-state index in [9.17, 15) is 18.0 Å². The maximum Gasteiger partial charge on any atom is 0.264 e. The molecule has 3 aromatic rings. The lowest BCUT2D eigenvalue weighted by Gasteiger charge is -2.33. The highest BCUT2D eigenvalue weighted by Gasteiger charge is 2.33. The summed E-state index contributed by atoms with van der Waals surface area (Å²) in [6.45, 7) is 1.53. The Hall–Kier alpha value is -3.36. The Kier molecular flexibility index (Phi) is 10.2.